The number of rotatable bonds is 4. The van der Waals surface area contributed by atoms with Crippen molar-refractivity contribution in [2.45, 2.75) is 25.7 Å². The largest absolute Gasteiger partial charge is 0.365 e. The highest BCUT2D eigenvalue weighted by atomic mass is 16.1. The third-order valence-electron chi connectivity index (χ3n) is 5.17. The van der Waals surface area contributed by atoms with E-state index < -0.39 is 0 Å². The Morgan fingerprint density at radius 3 is 2.71 bits per heavy atom. The second-order valence-electron chi connectivity index (χ2n) is 6.66. The zero-order valence-corrected chi connectivity index (χ0v) is 13.8. The molecule has 2 unspecified atom stereocenters. The van der Waals surface area contributed by atoms with E-state index in [-0.39, 0.29) is 17.6 Å². The number of carbonyl (C=O) groups is 1. The summed E-state index contributed by atoms with van der Waals surface area (Å²) in [4.78, 5) is 16.6. The van der Waals surface area contributed by atoms with Gasteiger partial charge in [-0.2, -0.15) is 0 Å². The molecule has 0 fully saturated rings. The molecule has 120 valence electrons. The van der Waals surface area contributed by atoms with Gasteiger partial charge in [-0.3, -0.25) is 4.79 Å². The van der Waals surface area contributed by atoms with Gasteiger partial charge in [0.15, 0.2) is 5.78 Å². The molecule has 0 saturated heterocycles. The van der Waals surface area contributed by atoms with E-state index in [4.69, 9.17) is 0 Å². The number of benzene rings is 1. The van der Waals surface area contributed by atoms with Crippen LogP contribution in [0.2, 0.25) is 0 Å². The van der Waals surface area contributed by atoms with E-state index in [2.05, 4.69) is 35.4 Å². The first-order valence-corrected chi connectivity index (χ1v) is 8.54. The van der Waals surface area contributed by atoms with Crippen LogP contribution < -0.4 is 0 Å². The predicted molar refractivity (Wildman–Crippen MR) is 97.1 cm³/mol. The summed E-state index contributed by atoms with van der Waals surface area (Å²) in [6, 6.07) is 12.0. The number of aromatic amines is 1. The van der Waals surface area contributed by atoms with Crippen LogP contribution in [0.15, 0.2) is 78.0 Å². The zero-order valence-electron chi connectivity index (χ0n) is 13.8. The smallest absolute Gasteiger partial charge is 0.170 e. The number of ketones is 1. The van der Waals surface area contributed by atoms with Crippen LogP contribution in [-0.4, -0.2) is 10.8 Å². The van der Waals surface area contributed by atoms with Gasteiger partial charge in [-0.15, -0.1) is 0 Å². The normalized spacial score (nSPS) is 22.5. The van der Waals surface area contributed by atoms with Crippen LogP contribution in [0.1, 0.15) is 40.4 Å². The Labute approximate surface area is 142 Å². The lowest BCUT2D eigenvalue weighted by Crippen LogP contribution is -2.19. The number of hydrogen-bond donors (Lipinski definition) is 1. The Kier molecular flexibility index (Phi) is 3.81. The molecular weight excluding hydrogens is 294 g/mol. The summed E-state index contributed by atoms with van der Waals surface area (Å²) in [6.45, 7) is 2.01. The van der Waals surface area contributed by atoms with E-state index in [0.29, 0.717) is 0 Å². The molecule has 2 aliphatic rings. The predicted octanol–water partition coefficient (Wildman–Crippen LogP) is 5.12. The summed E-state index contributed by atoms with van der Waals surface area (Å²) in [7, 11) is 0. The molecule has 2 heteroatoms. The summed E-state index contributed by atoms with van der Waals surface area (Å²) < 4.78 is 0. The lowest BCUT2D eigenvalue weighted by Gasteiger charge is -2.18. The quantitative estimate of drug-likeness (QED) is 0.780. The van der Waals surface area contributed by atoms with E-state index in [0.717, 1.165) is 29.7 Å². The summed E-state index contributed by atoms with van der Waals surface area (Å²) >= 11 is 0. The van der Waals surface area contributed by atoms with Gasteiger partial charge in [0.2, 0.25) is 0 Å². The van der Waals surface area contributed by atoms with Gasteiger partial charge < -0.3 is 4.98 Å². The first-order chi connectivity index (χ1) is 11.7. The standard InChI is InChI=1S/C22H21NO/c1-15-7-2-5-10-18(15)22(24)20-14-17(16-8-3-4-9-16)13-19(20)21-11-6-12-23-21/h2-8,10-12,14,19-20,23H,9,13H2,1H3. The molecule has 2 atom stereocenters. The summed E-state index contributed by atoms with van der Waals surface area (Å²) in [6.07, 6.45) is 12.5. The monoisotopic (exact) mass is 315 g/mol. The maximum Gasteiger partial charge on any atom is 0.170 e. The van der Waals surface area contributed by atoms with Crippen molar-refractivity contribution in [3.8, 4) is 0 Å². The van der Waals surface area contributed by atoms with Crippen LogP contribution in [0.25, 0.3) is 0 Å². The minimum atomic E-state index is -0.0961. The first kappa shape index (κ1) is 14.9. The van der Waals surface area contributed by atoms with Crippen molar-refractivity contribution < 1.29 is 4.79 Å². The molecule has 24 heavy (non-hydrogen) atoms. The Morgan fingerprint density at radius 1 is 1.12 bits per heavy atom. The number of Topliss-reactive ketones (excluding diaryl/α,β-unsaturated/α-hetero) is 1. The van der Waals surface area contributed by atoms with Gasteiger partial charge in [0.1, 0.15) is 0 Å². The minimum Gasteiger partial charge on any atom is -0.365 e. The van der Waals surface area contributed by atoms with Crippen LogP contribution >= 0.6 is 0 Å². The molecule has 0 bridgehead atoms. The molecule has 2 aliphatic carbocycles. The number of aryl methyl sites for hydroxylation is 1. The third-order valence-corrected chi connectivity index (χ3v) is 5.17. The van der Waals surface area contributed by atoms with Gasteiger partial charge in [0, 0.05) is 29.3 Å². The molecule has 1 N–H and O–H groups in total. The van der Waals surface area contributed by atoms with Gasteiger partial charge in [-0.05, 0) is 48.6 Å². The SMILES string of the molecule is Cc1ccccc1C(=O)C1C=C(C2=CC=CC2)CC1c1ccc[nH]1. The topological polar surface area (TPSA) is 32.9 Å². The fourth-order valence-electron chi connectivity index (χ4n) is 3.85. The van der Waals surface area contributed by atoms with Crippen molar-refractivity contribution in [3.05, 3.63) is 94.9 Å². The molecule has 1 heterocycles. The van der Waals surface area contributed by atoms with E-state index >= 15 is 0 Å². The highest BCUT2D eigenvalue weighted by Crippen LogP contribution is 2.43. The van der Waals surface area contributed by atoms with Crippen LogP contribution in [0, 0.1) is 12.8 Å². The number of carbonyl (C=O) groups excluding carboxylic acids is 1. The van der Waals surface area contributed by atoms with E-state index in [9.17, 15) is 4.79 Å². The number of nitrogens with one attached hydrogen (secondary N) is 1. The van der Waals surface area contributed by atoms with Gasteiger partial charge in [-0.1, -0.05) is 48.6 Å². The lowest BCUT2D eigenvalue weighted by molar-refractivity contribution is 0.0933. The molecule has 4 rings (SSSR count). The zero-order chi connectivity index (χ0) is 16.5. The molecule has 0 amide bonds. The lowest BCUT2D eigenvalue weighted by atomic mass is 9.85. The van der Waals surface area contributed by atoms with E-state index in [1.165, 1.54) is 11.1 Å². The molecule has 1 aromatic carbocycles. The Bertz CT molecular complexity index is 852. The van der Waals surface area contributed by atoms with Crippen LogP contribution in [0.3, 0.4) is 0 Å². The van der Waals surface area contributed by atoms with Crippen molar-refractivity contribution >= 4 is 5.78 Å². The average molecular weight is 315 g/mol. The molecule has 2 aromatic rings. The van der Waals surface area contributed by atoms with Gasteiger partial charge in [0.05, 0.1) is 0 Å². The van der Waals surface area contributed by atoms with Crippen LogP contribution in [-0.2, 0) is 0 Å². The molecule has 0 radical (unpaired) electrons. The summed E-state index contributed by atoms with van der Waals surface area (Å²) in [5.41, 5.74) is 5.73. The van der Waals surface area contributed by atoms with Crippen molar-refractivity contribution in [3.63, 3.8) is 0 Å². The highest BCUT2D eigenvalue weighted by molar-refractivity contribution is 6.01. The number of aromatic nitrogens is 1. The van der Waals surface area contributed by atoms with Crippen molar-refractivity contribution in [1.82, 2.24) is 4.98 Å². The van der Waals surface area contributed by atoms with Crippen molar-refractivity contribution in [2.24, 2.45) is 5.92 Å². The van der Waals surface area contributed by atoms with Gasteiger partial charge >= 0.3 is 0 Å². The Morgan fingerprint density at radius 2 is 2.00 bits per heavy atom. The fraction of sp³-hybridized carbons (Fsp3) is 0.227. The molecule has 2 nitrogen and oxygen atoms in total. The molecule has 0 saturated carbocycles. The minimum absolute atomic E-state index is 0.0961. The van der Waals surface area contributed by atoms with Crippen LogP contribution in [0.5, 0.6) is 0 Å². The molecule has 0 aliphatic heterocycles. The average Bonchev–Trinajstić information content (AvgIpc) is 3.33. The van der Waals surface area contributed by atoms with Crippen LogP contribution in [0.4, 0.5) is 0 Å². The van der Waals surface area contributed by atoms with E-state index in [1.54, 1.807) is 0 Å². The molecule has 0 spiro atoms. The van der Waals surface area contributed by atoms with E-state index in [1.807, 2.05) is 43.5 Å². The second kappa shape index (κ2) is 6.12. The molecular formula is C22H21NO. The first-order valence-electron chi connectivity index (χ1n) is 8.54. The second-order valence-corrected chi connectivity index (χ2v) is 6.66. The fourth-order valence-corrected chi connectivity index (χ4v) is 3.85. The Hall–Kier alpha value is -2.61. The molecule has 1 aromatic heterocycles. The highest BCUT2D eigenvalue weighted by Gasteiger charge is 2.36. The third kappa shape index (κ3) is 2.58. The number of hydrogen-bond acceptors (Lipinski definition) is 1. The van der Waals surface area contributed by atoms with Gasteiger partial charge in [-0.25, -0.2) is 0 Å². The number of H-pyrrole nitrogens is 1. The maximum atomic E-state index is 13.2. The number of allylic oxidation sites excluding steroid dienone is 6. The van der Waals surface area contributed by atoms with Gasteiger partial charge in [0.25, 0.3) is 0 Å². The summed E-state index contributed by atoms with van der Waals surface area (Å²) in [5, 5.41) is 0. The maximum absolute atomic E-state index is 13.2. The van der Waals surface area contributed by atoms with Crippen molar-refractivity contribution in [1.29, 1.82) is 0 Å². The summed E-state index contributed by atoms with van der Waals surface area (Å²) in [5.74, 6) is 0.333. The Balaban J connectivity index is 1.71. The van der Waals surface area contributed by atoms with Crippen molar-refractivity contribution in [2.75, 3.05) is 0 Å².